The summed E-state index contributed by atoms with van der Waals surface area (Å²) in [5, 5.41) is 3.68. The van der Waals surface area contributed by atoms with Gasteiger partial charge in [0.2, 0.25) is 0 Å². The monoisotopic (exact) mass is 358 g/mol. The highest BCUT2D eigenvalue weighted by atomic mass is 79.9. The molecular weight excluding hydrogens is 338 g/mol. The van der Waals surface area contributed by atoms with Gasteiger partial charge < -0.3 is 10.2 Å². The Morgan fingerprint density at radius 3 is 2.62 bits per heavy atom. The number of rotatable bonds is 1. The lowest BCUT2D eigenvalue weighted by atomic mass is 9.79. The standard InChI is InChI=1S/C16H21BrF2N2/c1-11-9-20-16(5-3-2-4-6-16)10-21(11)15-13(17)7-12(18)8-14(15)19/h7-8,11,20H,2-6,9-10H2,1H3. The molecular formula is C16H21BrF2N2. The lowest BCUT2D eigenvalue weighted by molar-refractivity contribution is 0.200. The summed E-state index contributed by atoms with van der Waals surface area (Å²) in [5.74, 6) is -1.03. The average Bonchev–Trinajstić information content (AvgIpc) is 2.43. The number of nitrogens with zero attached hydrogens (tertiary/aromatic N) is 1. The maximum Gasteiger partial charge on any atom is 0.150 e. The van der Waals surface area contributed by atoms with Crippen LogP contribution in [0.25, 0.3) is 0 Å². The first-order valence-electron chi connectivity index (χ1n) is 7.67. The number of hydrogen-bond acceptors (Lipinski definition) is 2. The summed E-state index contributed by atoms with van der Waals surface area (Å²) in [4.78, 5) is 2.10. The number of hydrogen-bond donors (Lipinski definition) is 1. The molecule has 116 valence electrons. The van der Waals surface area contributed by atoms with Crippen molar-refractivity contribution in [1.82, 2.24) is 5.32 Å². The van der Waals surface area contributed by atoms with Crippen LogP contribution >= 0.6 is 15.9 Å². The fraction of sp³-hybridized carbons (Fsp3) is 0.625. The van der Waals surface area contributed by atoms with E-state index < -0.39 is 11.6 Å². The van der Waals surface area contributed by atoms with Crippen LogP contribution in [-0.4, -0.2) is 24.7 Å². The molecule has 1 atom stereocenters. The van der Waals surface area contributed by atoms with Gasteiger partial charge in [0.15, 0.2) is 5.82 Å². The van der Waals surface area contributed by atoms with Crippen molar-refractivity contribution in [2.24, 2.45) is 0 Å². The molecule has 1 unspecified atom stereocenters. The van der Waals surface area contributed by atoms with Crippen LogP contribution in [-0.2, 0) is 0 Å². The molecule has 0 amide bonds. The third-order valence-corrected chi connectivity index (χ3v) is 5.46. The summed E-state index contributed by atoms with van der Waals surface area (Å²) >= 11 is 3.33. The zero-order valence-electron chi connectivity index (χ0n) is 12.3. The number of nitrogens with one attached hydrogen (secondary N) is 1. The lowest BCUT2D eigenvalue weighted by Crippen LogP contribution is -2.64. The van der Waals surface area contributed by atoms with Crippen molar-refractivity contribution in [2.75, 3.05) is 18.0 Å². The molecule has 0 radical (unpaired) electrons. The molecule has 5 heteroatoms. The first-order valence-corrected chi connectivity index (χ1v) is 8.46. The first kappa shape index (κ1) is 15.2. The summed E-state index contributed by atoms with van der Waals surface area (Å²) in [7, 11) is 0. The van der Waals surface area contributed by atoms with E-state index in [2.05, 4.69) is 33.1 Å². The smallest absolute Gasteiger partial charge is 0.150 e. The molecule has 1 aromatic rings. The number of anilines is 1. The molecule has 0 bridgehead atoms. The minimum absolute atomic E-state index is 0.0883. The largest absolute Gasteiger partial charge is 0.362 e. The van der Waals surface area contributed by atoms with Crippen LogP contribution in [0.15, 0.2) is 16.6 Å². The van der Waals surface area contributed by atoms with Crippen molar-refractivity contribution in [2.45, 2.75) is 50.6 Å². The molecule has 2 nitrogen and oxygen atoms in total. The Hall–Kier alpha value is -0.680. The molecule has 3 rings (SSSR count). The summed E-state index contributed by atoms with van der Waals surface area (Å²) in [6, 6.07) is 2.51. The van der Waals surface area contributed by atoms with Gasteiger partial charge in [0, 0.05) is 35.2 Å². The summed E-state index contributed by atoms with van der Waals surface area (Å²) in [6.45, 7) is 3.70. The first-order chi connectivity index (χ1) is 10.0. The molecule has 1 aliphatic heterocycles. The zero-order valence-corrected chi connectivity index (χ0v) is 13.8. The van der Waals surface area contributed by atoms with Crippen LogP contribution in [0.3, 0.4) is 0 Å². The van der Waals surface area contributed by atoms with E-state index in [-0.39, 0.29) is 11.6 Å². The van der Waals surface area contributed by atoms with Gasteiger partial charge in [0.05, 0.1) is 5.69 Å². The van der Waals surface area contributed by atoms with Gasteiger partial charge in [-0.15, -0.1) is 0 Å². The molecule has 1 heterocycles. The Bertz CT molecular complexity index is 506. The highest BCUT2D eigenvalue weighted by molar-refractivity contribution is 9.10. The highest BCUT2D eigenvalue weighted by Crippen LogP contribution is 2.38. The van der Waals surface area contributed by atoms with E-state index >= 15 is 0 Å². The van der Waals surface area contributed by atoms with Crippen LogP contribution in [0, 0.1) is 11.6 Å². The van der Waals surface area contributed by atoms with Gasteiger partial charge in [-0.05, 0) is 41.8 Å². The minimum atomic E-state index is -0.543. The predicted octanol–water partition coefficient (Wildman–Crippen LogP) is 4.23. The van der Waals surface area contributed by atoms with E-state index in [9.17, 15) is 8.78 Å². The summed E-state index contributed by atoms with van der Waals surface area (Å²) in [6.07, 6.45) is 6.01. The van der Waals surface area contributed by atoms with Crippen molar-refractivity contribution in [3.63, 3.8) is 0 Å². The van der Waals surface area contributed by atoms with Gasteiger partial charge in [0.1, 0.15) is 5.82 Å². The summed E-state index contributed by atoms with van der Waals surface area (Å²) < 4.78 is 28.1. The van der Waals surface area contributed by atoms with Crippen molar-refractivity contribution in [3.05, 3.63) is 28.2 Å². The van der Waals surface area contributed by atoms with Gasteiger partial charge in [0.25, 0.3) is 0 Å². The Kier molecular flexibility index (Phi) is 4.23. The van der Waals surface area contributed by atoms with Crippen LogP contribution in [0.5, 0.6) is 0 Å². The van der Waals surface area contributed by atoms with Gasteiger partial charge in [-0.2, -0.15) is 0 Å². The molecule has 1 aliphatic carbocycles. The Morgan fingerprint density at radius 1 is 1.24 bits per heavy atom. The fourth-order valence-electron chi connectivity index (χ4n) is 3.68. The number of piperazine rings is 1. The highest BCUT2D eigenvalue weighted by Gasteiger charge is 2.39. The zero-order chi connectivity index (χ0) is 15.0. The van der Waals surface area contributed by atoms with E-state index in [4.69, 9.17) is 0 Å². The predicted molar refractivity (Wildman–Crippen MR) is 84.7 cm³/mol. The van der Waals surface area contributed by atoms with E-state index in [1.807, 2.05) is 0 Å². The molecule has 1 saturated heterocycles. The van der Waals surface area contributed by atoms with Gasteiger partial charge in [-0.1, -0.05) is 19.3 Å². The number of halogens is 3. The van der Waals surface area contributed by atoms with Crippen molar-refractivity contribution < 1.29 is 8.78 Å². The Balaban J connectivity index is 1.92. The van der Waals surface area contributed by atoms with Crippen LogP contribution in [0.2, 0.25) is 0 Å². The molecule has 2 fully saturated rings. The molecule has 21 heavy (non-hydrogen) atoms. The van der Waals surface area contributed by atoms with Crippen molar-refractivity contribution in [3.8, 4) is 0 Å². The second kappa shape index (κ2) is 5.84. The summed E-state index contributed by atoms with van der Waals surface area (Å²) in [5.41, 5.74) is 0.584. The number of benzene rings is 1. The molecule has 0 aromatic heterocycles. The normalized spacial score (nSPS) is 25.3. The topological polar surface area (TPSA) is 15.3 Å². The Labute approximate surface area is 133 Å². The third-order valence-electron chi connectivity index (χ3n) is 4.86. The third kappa shape index (κ3) is 2.95. The van der Waals surface area contributed by atoms with Gasteiger partial charge in [-0.3, -0.25) is 0 Å². The molecule has 1 N–H and O–H groups in total. The van der Waals surface area contributed by atoms with Crippen LogP contribution in [0.4, 0.5) is 14.5 Å². The molecule has 2 aliphatic rings. The minimum Gasteiger partial charge on any atom is -0.362 e. The Morgan fingerprint density at radius 2 is 1.95 bits per heavy atom. The molecule has 1 aromatic carbocycles. The van der Waals surface area contributed by atoms with E-state index in [1.165, 1.54) is 25.3 Å². The van der Waals surface area contributed by atoms with Crippen molar-refractivity contribution in [1.29, 1.82) is 0 Å². The van der Waals surface area contributed by atoms with Crippen LogP contribution in [0.1, 0.15) is 39.0 Å². The molecule has 1 saturated carbocycles. The van der Waals surface area contributed by atoms with Gasteiger partial charge in [-0.25, -0.2) is 8.78 Å². The maximum atomic E-state index is 14.3. The SMILES string of the molecule is CC1CNC2(CCCCC2)CN1c1c(F)cc(F)cc1Br. The van der Waals surface area contributed by atoms with Crippen molar-refractivity contribution >= 4 is 21.6 Å². The second-order valence-electron chi connectivity index (χ2n) is 6.42. The average molecular weight is 359 g/mol. The lowest BCUT2D eigenvalue weighted by Gasteiger charge is -2.50. The van der Waals surface area contributed by atoms with E-state index in [0.29, 0.717) is 10.2 Å². The molecule has 1 spiro atoms. The second-order valence-corrected chi connectivity index (χ2v) is 7.27. The fourth-order valence-corrected chi connectivity index (χ4v) is 4.32. The van der Waals surface area contributed by atoms with Crippen LogP contribution < -0.4 is 10.2 Å². The quantitative estimate of drug-likeness (QED) is 0.807. The van der Waals surface area contributed by atoms with Gasteiger partial charge >= 0.3 is 0 Å². The van der Waals surface area contributed by atoms with E-state index in [0.717, 1.165) is 32.0 Å². The van der Waals surface area contributed by atoms with E-state index in [1.54, 1.807) is 0 Å². The maximum absolute atomic E-state index is 14.3.